The third kappa shape index (κ3) is 8.60. The number of aromatic hydroxyl groups is 1. The molecule has 0 aliphatic carbocycles. The minimum Gasteiger partial charge on any atom is -0.508 e. The van der Waals surface area contributed by atoms with Crippen LogP contribution in [0.2, 0.25) is 0 Å². The molecule has 1 fully saturated rings. The molecular weight excluding hydrogens is 474 g/mol. The van der Waals surface area contributed by atoms with Crippen molar-refractivity contribution in [3.05, 3.63) is 65.7 Å². The van der Waals surface area contributed by atoms with Crippen molar-refractivity contribution in [2.75, 3.05) is 6.54 Å². The molecule has 10 heteroatoms. The van der Waals surface area contributed by atoms with Gasteiger partial charge in [0, 0.05) is 13.0 Å². The van der Waals surface area contributed by atoms with E-state index in [1.54, 1.807) is 19.1 Å². The fourth-order valence-electron chi connectivity index (χ4n) is 4.08. The number of nitrogens with one attached hydrogen (secondary N) is 4. The van der Waals surface area contributed by atoms with Crippen molar-refractivity contribution < 1.29 is 24.3 Å². The van der Waals surface area contributed by atoms with Crippen LogP contribution in [0, 0.1) is 0 Å². The number of carbonyl (C=O) groups excluding carboxylic acids is 4. The van der Waals surface area contributed by atoms with Crippen LogP contribution in [0.3, 0.4) is 0 Å². The number of hydrogen-bond acceptors (Lipinski definition) is 6. The van der Waals surface area contributed by atoms with E-state index in [0.29, 0.717) is 37.8 Å². The molecule has 37 heavy (non-hydrogen) atoms. The number of phenols is 1. The molecule has 2 unspecified atom stereocenters. The molecule has 3 rings (SSSR count). The topological polar surface area (TPSA) is 163 Å². The fraction of sp³-hybridized carbons (Fsp3) is 0.407. The number of carbonyl (C=O) groups is 4. The van der Waals surface area contributed by atoms with Gasteiger partial charge in [-0.2, -0.15) is 0 Å². The zero-order valence-electron chi connectivity index (χ0n) is 20.9. The van der Waals surface area contributed by atoms with Crippen molar-refractivity contribution in [2.45, 2.75) is 63.2 Å². The molecule has 0 spiro atoms. The highest BCUT2D eigenvalue weighted by Gasteiger charge is 2.30. The van der Waals surface area contributed by atoms with Crippen molar-refractivity contribution in [1.82, 2.24) is 21.3 Å². The molecule has 1 aliphatic heterocycles. The zero-order valence-corrected chi connectivity index (χ0v) is 20.9. The Bertz CT molecular complexity index is 1080. The minimum atomic E-state index is -1.01. The fourth-order valence-corrected chi connectivity index (χ4v) is 4.08. The Kier molecular flexibility index (Phi) is 10.0. The van der Waals surface area contributed by atoms with Crippen LogP contribution in [0.15, 0.2) is 54.6 Å². The zero-order chi connectivity index (χ0) is 26.8. The van der Waals surface area contributed by atoms with E-state index in [0.717, 1.165) is 5.56 Å². The number of benzene rings is 2. The van der Waals surface area contributed by atoms with E-state index < -0.39 is 41.9 Å². The summed E-state index contributed by atoms with van der Waals surface area (Å²) >= 11 is 0. The third-order valence-corrected chi connectivity index (χ3v) is 6.25. The average molecular weight is 510 g/mol. The molecule has 0 bridgehead atoms. The standard InChI is InChI=1S/C27H35N5O5/c1-17-24(34)29-14-6-5-9-22(31-25(35)21(28)15-18-7-3-2-4-8-18)26(36)32-23(27(37)30-17)16-19-10-12-20(33)13-11-19/h2-4,7-8,10-13,17,21-23,33H,5-6,9,14-16,28H2,1H3,(H,29,34)(H,30,37)(H,31,35)(H,32,36)/t17-,21-,22?,23?/m0/s1. The van der Waals surface area contributed by atoms with Gasteiger partial charge in [0.2, 0.25) is 23.6 Å². The Morgan fingerprint density at radius 3 is 2.38 bits per heavy atom. The lowest BCUT2D eigenvalue weighted by Crippen LogP contribution is -2.57. The summed E-state index contributed by atoms with van der Waals surface area (Å²) in [6.45, 7) is 1.95. The van der Waals surface area contributed by atoms with Crippen LogP contribution >= 0.6 is 0 Å². The molecule has 1 heterocycles. The lowest BCUT2D eigenvalue weighted by Gasteiger charge is -2.25. The lowest BCUT2D eigenvalue weighted by molar-refractivity contribution is -0.133. The van der Waals surface area contributed by atoms with Crippen LogP contribution in [0.5, 0.6) is 5.75 Å². The highest BCUT2D eigenvalue weighted by Crippen LogP contribution is 2.13. The van der Waals surface area contributed by atoms with Crippen molar-refractivity contribution in [3.63, 3.8) is 0 Å². The predicted octanol–water partition coefficient (Wildman–Crippen LogP) is 0.279. The first kappa shape index (κ1) is 27.7. The number of phenolic OH excluding ortho intramolecular Hbond substituents is 1. The van der Waals surface area contributed by atoms with Gasteiger partial charge in [-0.15, -0.1) is 0 Å². The molecule has 7 N–H and O–H groups in total. The summed E-state index contributed by atoms with van der Waals surface area (Å²) < 4.78 is 0. The van der Waals surface area contributed by atoms with Gasteiger partial charge in [-0.25, -0.2) is 0 Å². The first-order valence-electron chi connectivity index (χ1n) is 12.5. The summed E-state index contributed by atoms with van der Waals surface area (Å²) in [4.78, 5) is 51.6. The van der Waals surface area contributed by atoms with Crippen LogP contribution in [0.1, 0.15) is 37.3 Å². The quantitative estimate of drug-likeness (QED) is 0.328. The van der Waals surface area contributed by atoms with Crippen molar-refractivity contribution in [2.24, 2.45) is 5.73 Å². The van der Waals surface area contributed by atoms with Gasteiger partial charge in [0.15, 0.2) is 0 Å². The molecule has 198 valence electrons. The minimum absolute atomic E-state index is 0.0760. The summed E-state index contributed by atoms with van der Waals surface area (Å²) in [7, 11) is 0. The van der Waals surface area contributed by atoms with Crippen molar-refractivity contribution in [1.29, 1.82) is 0 Å². The smallest absolute Gasteiger partial charge is 0.243 e. The second-order valence-corrected chi connectivity index (χ2v) is 9.31. The first-order valence-corrected chi connectivity index (χ1v) is 12.5. The Labute approximate surface area is 216 Å². The molecular formula is C27H35N5O5. The second-order valence-electron chi connectivity index (χ2n) is 9.31. The van der Waals surface area contributed by atoms with Gasteiger partial charge in [-0.3, -0.25) is 19.2 Å². The first-order chi connectivity index (χ1) is 17.7. The molecule has 4 atom stereocenters. The van der Waals surface area contributed by atoms with Crippen LogP contribution in [-0.4, -0.2) is 59.4 Å². The van der Waals surface area contributed by atoms with Gasteiger partial charge >= 0.3 is 0 Å². The normalized spacial score (nSPS) is 22.2. The van der Waals surface area contributed by atoms with Gasteiger partial charge < -0.3 is 32.1 Å². The molecule has 4 amide bonds. The summed E-state index contributed by atoms with van der Waals surface area (Å²) in [6, 6.07) is 12.1. The monoisotopic (exact) mass is 509 g/mol. The van der Waals surface area contributed by atoms with Gasteiger partial charge in [0.25, 0.3) is 0 Å². The van der Waals surface area contributed by atoms with Crippen molar-refractivity contribution >= 4 is 23.6 Å². The molecule has 2 aromatic carbocycles. The van der Waals surface area contributed by atoms with Crippen LogP contribution in [0.25, 0.3) is 0 Å². The summed E-state index contributed by atoms with van der Waals surface area (Å²) in [5, 5.41) is 20.5. The average Bonchev–Trinajstić information content (AvgIpc) is 2.88. The lowest BCUT2D eigenvalue weighted by atomic mass is 10.0. The molecule has 1 saturated heterocycles. The van der Waals surface area contributed by atoms with Gasteiger partial charge in [-0.1, -0.05) is 42.5 Å². The SMILES string of the molecule is C[C@@H]1NC(=O)C(Cc2ccc(O)cc2)NC(=O)C(NC(=O)[C@@H](N)Cc2ccccc2)CCCCNC1=O. The molecule has 0 aromatic heterocycles. The number of amides is 4. The maximum atomic E-state index is 13.3. The second kappa shape index (κ2) is 13.4. The van der Waals surface area contributed by atoms with E-state index >= 15 is 0 Å². The Morgan fingerprint density at radius 2 is 1.68 bits per heavy atom. The van der Waals surface area contributed by atoms with Crippen LogP contribution in [0.4, 0.5) is 0 Å². The van der Waals surface area contributed by atoms with Crippen LogP contribution < -0.4 is 27.0 Å². The molecule has 0 radical (unpaired) electrons. The van der Waals surface area contributed by atoms with Gasteiger partial charge in [0.1, 0.15) is 23.9 Å². The maximum Gasteiger partial charge on any atom is 0.243 e. The highest BCUT2D eigenvalue weighted by atomic mass is 16.3. The van der Waals surface area contributed by atoms with E-state index in [2.05, 4.69) is 21.3 Å². The van der Waals surface area contributed by atoms with E-state index in [1.165, 1.54) is 12.1 Å². The molecule has 0 saturated carbocycles. The number of nitrogens with two attached hydrogens (primary N) is 1. The number of hydrogen-bond donors (Lipinski definition) is 6. The Hall–Kier alpha value is -3.92. The summed E-state index contributed by atoms with van der Waals surface area (Å²) in [5.74, 6) is -1.75. The molecule has 1 aliphatic rings. The van der Waals surface area contributed by atoms with Gasteiger partial charge in [0.05, 0.1) is 6.04 Å². The maximum absolute atomic E-state index is 13.3. The van der Waals surface area contributed by atoms with Crippen LogP contribution in [-0.2, 0) is 32.0 Å². The Morgan fingerprint density at radius 1 is 0.973 bits per heavy atom. The van der Waals surface area contributed by atoms with E-state index in [9.17, 15) is 24.3 Å². The Balaban J connectivity index is 1.76. The molecule has 2 aromatic rings. The molecule has 10 nitrogen and oxygen atoms in total. The number of rotatable bonds is 6. The summed E-state index contributed by atoms with van der Waals surface area (Å²) in [5.41, 5.74) is 7.72. The van der Waals surface area contributed by atoms with E-state index in [1.807, 2.05) is 30.3 Å². The van der Waals surface area contributed by atoms with E-state index in [-0.39, 0.29) is 18.1 Å². The highest BCUT2D eigenvalue weighted by molar-refractivity contribution is 5.94. The predicted molar refractivity (Wildman–Crippen MR) is 138 cm³/mol. The van der Waals surface area contributed by atoms with Crippen molar-refractivity contribution in [3.8, 4) is 5.75 Å². The van der Waals surface area contributed by atoms with Gasteiger partial charge in [-0.05, 0) is 55.9 Å². The summed E-state index contributed by atoms with van der Waals surface area (Å²) in [6.07, 6.45) is 1.91. The van der Waals surface area contributed by atoms with E-state index in [4.69, 9.17) is 5.73 Å². The largest absolute Gasteiger partial charge is 0.508 e. The third-order valence-electron chi connectivity index (χ3n) is 6.25.